The Balaban J connectivity index is 1.64. The first-order chi connectivity index (χ1) is 19.9. The first kappa shape index (κ1) is 30.6. The standard InChI is InChI=1S/C33H41N5O4/c1-21-19-27(34)36-22(2)25(21)20-35-30(39)26-17-12-18-38(26)31(40)29(37-32(41)42-33(3,4)5)28(23-13-8-6-9-14-23)24-15-10-7-11-16-24/h6-11,13-16,19,26,28-29H,12,17-18,20H2,1-5H3,(H2,34,36)(H,35,39)(H,37,41)/t26-,29+/m0/s1. The van der Waals surface area contributed by atoms with Crippen LogP contribution in [0.1, 0.15) is 67.5 Å². The Kier molecular flexibility index (Phi) is 9.50. The zero-order chi connectivity index (χ0) is 30.4. The third-order valence-corrected chi connectivity index (χ3v) is 7.44. The minimum Gasteiger partial charge on any atom is -0.444 e. The van der Waals surface area contributed by atoms with Gasteiger partial charge in [-0.2, -0.15) is 0 Å². The number of nitrogens with one attached hydrogen (secondary N) is 2. The Morgan fingerprint density at radius 2 is 1.62 bits per heavy atom. The molecule has 0 aliphatic carbocycles. The summed E-state index contributed by atoms with van der Waals surface area (Å²) in [5, 5.41) is 5.89. The molecule has 4 rings (SSSR count). The maximum atomic E-state index is 14.4. The molecule has 9 nitrogen and oxygen atoms in total. The maximum absolute atomic E-state index is 14.4. The number of aryl methyl sites for hydroxylation is 2. The number of alkyl carbamates (subject to hydrolysis) is 1. The number of pyridine rings is 1. The second kappa shape index (κ2) is 13.1. The number of nitrogens with zero attached hydrogens (tertiary/aromatic N) is 2. The molecule has 0 spiro atoms. The topological polar surface area (TPSA) is 127 Å². The lowest BCUT2D eigenvalue weighted by molar-refractivity contribution is -0.140. The van der Waals surface area contributed by atoms with Crippen LogP contribution in [-0.2, 0) is 20.9 Å². The van der Waals surface area contributed by atoms with Gasteiger partial charge in [0.25, 0.3) is 0 Å². The molecule has 2 aromatic carbocycles. The molecule has 3 aromatic rings. The molecule has 1 aromatic heterocycles. The average molecular weight is 572 g/mol. The number of aromatic nitrogens is 1. The van der Waals surface area contributed by atoms with Crippen LogP contribution >= 0.6 is 0 Å². The minimum atomic E-state index is -1.01. The van der Waals surface area contributed by atoms with Gasteiger partial charge in [-0.25, -0.2) is 9.78 Å². The first-order valence-electron chi connectivity index (χ1n) is 14.3. The molecule has 1 saturated heterocycles. The Hall–Kier alpha value is -4.40. The molecule has 3 amide bonds. The second-order valence-electron chi connectivity index (χ2n) is 11.8. The van der Waals surface area contributed by atoms with Gasteiger partial charge in [0.2, 0.25) is 11.8 Å². The Morgan fingerprint density at radius 1 is 1.02 bits per heavy atom. The van der Waals surface area contributed by atoms with E-state index in [1.165, 1.54) is 0 Å². The van der Waals surface area contributed by atoms with E-state index < -0.39 is 29.7 Å². The monoisotopic (exact) mass is 571 g/mol. The molecule has 9 heteroatoms. The number of benzene rings is 2. The number of anilines is 1. The van der Waals surface area contributed by atoms with E-state index in [2.05, 4.69) is 15.6 Å². The highest BCUT2D eigenvalue weighted by atomic mass is 16.6. The van der Waals surface area contributed by atoms with Crippen molar-refractivity contribution in [3.05, 3.63) is 94.7 Å². The summed E-state index contributed by atoms with van der Waals surface area (Å²) in [4.78, 5) is 47.0. The minimum absolute atomic E-state index is 0.247. The Morgan fingerprint density at radius 3 is 2.17 bits per heavy atom. The molecule has 222 valence electrons. The molecule has 1 fully saturated rings. The van der Waals surface area contributed by atoms with Crippen molar-refractivity contribution in [1.29, 1.82) is 0 Å². The number of nitrogen functional groups attached to an aromatic ring is 1. The summed E-state index contributed by atoms with van der Waals surface area (Å²) in [6.07, 6.45) is 0.502. The summed E-state index contributed by atoms with van der Waals surface area (Å²) in [6.45, 7) is 9.79. The predicted octanol–water partition coefficient (Wildman–Crippen LogP) is 4.61. The van der Waals surface area contributed by atoms with Crippen LogP contribution in [0.15, 0.2) is 66.7 Å². The fraction of sp³-hybridized carbons (Fsp3) is 0.394. The highest BCUT2D eigenvalue weighted by Gasteiger charge is 2.42. The van der Waals surface area contributed by atoms with E-state index in [1.54, 1.807) is 31.7 Å². The lowest BCUT2D eigenvalue weighted by Crippen LogP contribution is -2.56. The SMILES string of the molecule is Cc1cc(N)nc(C)c1CNC(=O)[C@@H]1CCCN1C(=O)[C@H](NC(=O)OC(C)(C)C)C(c1ccccc1)c1ccccc1. The van der Waals surface area contributed by atoms with E-state index >= 15 is 0 Å². The zero-order valence-corrected chi connectivity index (χ0v) is 25.0. The van der Waals surface area contributed by atoms with Crippen molar-refractivity contribution in [3.63, 3.8) is 0 Å². The van der Waals surface area contributed by atoms with E-state index in [1.807, 2.05) is 74.5 Å². The summed E-state index contributed by atoms with van der Waals surface area (Å²) in [5.74, 6) is -0.661. The summed E-state index contributed by atoms with van der Waals surface area (Å²) in [5.41, 5.74) is 9.41. The molecule has 0 unspecified atom stereocenters. The molecule has 0 radical (unpaired) electrons. The molecule has 0 bridgehead atoms. The predicted molar refractivity (Wildman–Crippen MR) is 163 cm³/mol. The molecule has 0 saturated carbocycles. The normalized spacial score (nSPS) is 15.8. The van der Waals surface area contributed by atoms with Gasteiger partial charge in [-0.1, -0.05) is 60.7 Å². The van der Waals surface area contributed by atoms with Gasteiger partial charge in [-0.15, -0.1) is 0 Å². The molecular weight excluding hydrogens is 530 g/mol. The summed E-state index contributed by atoms with van der Waals surface area (Å²) >= 11 is 0. The molecule has 2 heterocycles. The van der Waals surface area contributed by atoms with Gasteiger partial charge in [-0.05, 0) is 75.8 Å². The van der Waals surface area contributed by atoms with Crippen molar-refractivity contribution in [2.45, 2.75) is 77.6 Å². The second-order valence-corrected chi connectivity index (χ2v) is 11.8. The Bertz CT molecular complexity index is 1340. The van der Waals surface area contributed by atoms with Crippen LogP contribution in [0.25, 0.3) is 0 Å². The van der Waals surface area contributed by atoms with E-state index in [-0.39, 0.29) is 18.4 Å². The number of carbonyl (C=O) groups is 3. The quantitative estimate of drug-likeness (QED) is 0.362. The van der Waals surface area contributed by atoms with E-state index in [9.17, 15) is 14.4 Å². The molecule has 4 N–H and O–H groups in total. The largest absolute Gasteiger partial charge is 0.444 e. The van der Waals surface area contributed by atoms with Gasteiger partial charge in [0, 0.05) is 24.7 Å². The number of likely N-dealkylation sites (tertiary alicyclic amines) is 1. The van der Waals surface area contributed by atoms with Crippen molar-refractivity contribution in [3.8, 4) is 0 Å². The van der Waals surface area contributed by atoms with Crippen LogP contribution in [0.3, 0.4) is 0 Å². The van der Waals surface area contributed by atoms with Gasteiger partial charge in [-0.3, -0.25) is 9.59 Å². The van der Waals surface area contributed by atoms with Crippen molar-refractivity contribution in [2.75, 3.05) is 12.3 Å². The van der Waals surface area contributed by atoms with Crippen molar-refractivity contribution >= 4 is 23.7 Å². The molecule has 1 aliphatic heterocycles. The van der Waals surface area contributed by atoms with Crippen LogP contribution < -0.4 is 16.4 Å². The van der Waals surface area contributed by atoms with Crippen molar-refractivity contribution in [2.24, 2.45) is 0 Å². The van der Waals surface area contributed by atoms with Gasteiger partial charge in [0.1, 0.15) is 23.5 Å². The fourth-order valence-corrected chi connectivity index (χ4v) is 5.55. The maximum Gasteiger partial charge on any atom is 0.408 e. The highest BCUT2D eigenvalue weighted by Crippen LogP contribution is 2.31. The third-order valence-electron chi connectivity index (χ3n) is 7.44. The molecule has 1 aliphatic rings. The van der Waals surface area contributed by atoms with Crippen molar-refractivity contribution in [1.82, 2.24) is 20.5 Å². The first-order valence-corrected chi connectivity index (χ1v) is 14.3. The summed E-state index contributed by atoms with van der Waals surface area (Å²) in [6, 6.07) is 19.3. The van der Waals surface area contributed by atoms with E-state index in [0.717, 1.165) is 27.9 Å². The van der Waals surface area contributed by atoms with Crippen LogP contribution in [-0.4, -0.2) is 52.0 Å². The number of hydrogen-bond acceptors (Lipinski definition) is 6. The smallest absolute Gasteiger partial charge is 0.408 e. The number of rotatable bonds is 8. The summed E-state index contributed by atoms with van der Waals surface area (Å²) in [7, 11) is 0. The van der Waals surface area contributed by atoms with E-state index in [0.29, 0.717) is 25.2 Å². The van der Waals surface area contributed by atoms with Gasteiger partial charge in [0.15, 0.2) is 0 Å². The zero-order valence-electron chi connectivity index (χ0n) is 25.0. The number of amides is 3. The highest BCUT2D eigenvalue weighted by molar-refractivity contribution is 5.93. The fourth-order valence-electron chi connectivity index (χ4n) is 5.55. The van der Waals surface area contributed by atoms with Crippen LogP contribution in [0, 0.1) is 13.8 Å². The molecule has 2 atom stereocenters. The number of ether oxygens (including phenoxy) is 1. The van der Waals surface area contributed by atoms with Gasteiger partial charge >= 0.3 is 6.09 Å². The number of nitrogens with two attached hydrogens (primary N) is 1. The number of carbonyl (C=O) groups excluding carboxylic acids is 3. The van der Waals surface area contributed by atoms with E-state index in [4.69, 9.17) is 10.5 Å². The van der Waals surface area contributed by atoms with Crippen LogP contribution in [0.5, 0.6) is 0 Å². The molecular formula is C33H41N5O4. The molecule has 42 heavy (non-hydrogen) atoms. The Labute approximate surface area is 247 Å². The average Bonchev–Trinajstić information content (AvgIpc) is 3.42. The van der Waals surface area contributed by atoms with Crippen LogP contribution in [0.4, 0.5) is 10.6 Å². The van der Waals surface area contributed by atoms with Gasteiger partial charge in [0.05, 0.1) is 0 Å². The number of hydrogen-bond donors (Lipinski definition) is 3. The van der Waals surface area contributed by atoms with Crippen molar-refractivity contribution < 1.29 is 19.1 Å². The lowest BCUT2D eigenvalue weighted by Gasteiger charge is -2.34. The summed E-state index contributed by atoms with van der Waals surface area (Å²) < 4.78 is 5.58. The van der Waals surface area contributed by atoms with Gasteiger partial charge < -0.3 is 26.0 Å². The third kappa shape index (κ3) is 7.46. The lowest BCUT2D eigenvalue weighted by atomic mass is 9.84. The van der Waals surface area contributed by atoms with Crippen LogP contribution in [0.2, 0.25) is 0 Å².